The van der Waals surface area contributed by atoms with Gasteiger partial charge in [-0.15, -0.1) is 0 Å². The van der Waals surface area contributed by atoms with Gasteiger partial charge in [0.1, 0.15) is 23.4 Å². The van der Waals surface area contributed by atoms with E-state index in [1.807, 2.05) is 6.92 Å². The minimum Gasteiger partial charge on any atom is -0.507 e. The van der Waals surface area contributed by atoms with E-state index in [9.17, 15) is 19.1 Å². The molecule has 7 heteroatoms. The van der Waals surface area contributed by atoms with Crippen molar-refractivity contribution in [3.8, 4) is 5.75 Å². The number of ketones is 1. The molecule has 2 aromatic carbocycles. The van der Waals surface area contributed by atoms with Crippen molar-refractivity contribution in [2.75, 3.05) is 11.5 Å². The van der Waals surface area contributed by atoms with Crippen LogP contribution < -0.4 is 9.64 Å². The monoisotopic (exact) mass is 432 g/mol. The predicted molar refractivity (Wildman–Crippen MR) is 118 cm³/mol. The number of nitrogens with zero attached hydrogens (tertiary/aromatic N) is 2. The van der Waals surface area contributed by atoms with Gasteiger partial charge in [-0.3, -0.25) is 19.5 Å². The first-order valence-electron chi connectivity index (χ1n) is 10.2. The Labute approximate surface area is 184 Å². The van der Waals surface area contributed by atoms with E-state index in [4.69, 9.17) is 4.74 Å². The van der Waals surface area contributed by atoms with Crippen LogP contribution in [-0.2, 0) is 9.59 Å². The molecule has 1 N–H and O–H groups in total. The van der Waals surface area contributed by atoms with Crippen molar-refractivity contribution in [2.45, 2.75) is 19.4 Å². The Morgan fingerprint density at radius 2 is 1.91 bits per heavy atom. The summed E-state index contributed by atoms with van der Waals surface area (Å²) in [5.41, 5.74) is 0.778. The van der Waals surface area contributed by atoms with E-state index < -0.39 is 23.5 Å². The summed E-state index contributed by atoms with van der Waals surface area (Å²) < 4.78 is 19.5. The third-order valence-corrected chi connectivity index (χ3v) is 5.08. The predicted octanol–water partition coefficient (Wildman–Crippen LogP) is 4.64. The lowest BCUT2D eigenvalue weighted by Gasteiger charge is -2.24. The SMILES string of the molecule is CCCOc1cccc(/C(O)=C2\C(=O)C(=O)N(c3cccc(F)c3)C2c2ccccn2)c1. The second kappa shape index (κ2) is 9.01. The van der Waals surface area contributed by atoms with Crippen LogP contribution in [0, 0.1) is 5.82 Å². The molecule has 2 heterocycles. The molecule has 1 aliphatic rings. The van der Waals surface area contributed by atoms with Gasteiger partial charge in [0, 0.05) is 17.4 Å². The molecule has 1 aliphatic heterocycles. The Hall–Kier alpha value is -4.00. The zero-order chi connectivity index (χ0) is 22.7. The van der Waals surface area contributed by atoms with Crippen molar-refractivity contribution in [1.82, 2.24) is 4.98 Å². The van der Waals surface area contributed by atoms with Crippen molar-refractivity contribution < 1.29 is 23.8 Å². The van der Waals surface area contributed by atoms with E-state index in [1.165, 1.54) is 30.5 Å². The number of ether oxygens (including phenoxy) is 1. The highest BCUT2D eigenvalue weighted by Gasteiger charge is 2.47. The highest BCUT2D eigenvalue weighted by atomic mass is 19.1. The molecule has 4 rings (SSSR count). The number of benzene rings is 2. The number of anilines is 1. The second-order valence-electron chi connectivity index (χ2n) is 7.28. The molecule has 1 fully saturated rings. The molecule has 6 nitrogen and oxygen atoms in total. The van der Waals surface area contributed by atoms with Gasteiger partial charge < -0.3 is 9.84 Å². The number of aliphatic hydroxyl groups is 1. The average Bonchev–Trinajstić information content (AvgIpc) is 3.08. The Balaban J connectivity index is 1.88. The van der Waals surface area contributed by atoms with Crippen molar-refractivity contribution in [3.63, 3.8) is 0 Å². The van der Waals surface area contributed by atoms with Crippen LogP contribution in [0.5, 0.6) is 5.75 Å². The number of halogens is 1. The summed E-state index contributed by atoms with van der Waals surface area (Å²) in [5, 5.41) is 11.1. The summed E-state index contributed by atoms with van der Waals surface area (Å²) in [6.45, 7) is 2.48. The Morgan fingerprint density at radius 3 is 2.62 bits per heavy atom. The lowest BCUT2D eigenvalue weighted by atomic mass is 9.98. The summed E-state index contributed by atoms with van der Waals surface area (Å²) in [4.78, 5) is 31.5. The Morgan fingerprint density at radius 1 is 1.09 bits per heavy atom. The highest BCUT2D eigenvalue weighted by Crippen LogP contribution is 2.41. The van der Waals surface area contributed by atoms with Crippen LogP contribution in [0.25, 0.3) is 5.76 Å². The third kappa shape index (κ3) is 3.97. The Bertz CT molecular complexity index is 1190. The summed E-state index contributed by atoms with van der Waals surface area (Å²) in [6, 6.07) is 16.1. The number of carbonyl (C=O) groups is 2. The van der Waals surface area contributed by atoms with Crippen molar-refractivity contribution >= 4 is 23.1 Å². The number of pyridine rings is 1. The summed E-state index contributed by atoms with van der Waals surface area (Å²) in [6.07, 6.45) is 2.34. The molecule has 1 atom stereocenters. The van der Waals surface area contributed by atoms with Crippen LogP contribution in [0.1, 0.15) is 30.6 Å². The molecule has 1 unspecified atom stereocenters. The first-order chi connectivity index (χ1) is 15.5. The maximum absolute atomic E-state index is 13.9. The number of aliphatic hydroxyl groups excluding tert-OH is 1. The summed E-state index contributed by atoms with van der Waals surface area (Å²) >= 11 is 0. The lowest BCUT2D eigenvalue weighted by molar-refractivity contribution is -0.132. The van der Waals surface area contributed by atoms with E-state index in [-0.39, 0.29) is 17.0 Å². The fourth-order valence-electron chi connectivity index (χ4n) is 3.65. The average molecular weight is 432 g/mol. The first-order valence-corrected chi connectivity index (χ1v) is 10.2. The van der Waals surface area contributed by atoms with Crippen LogP contribution in [0.4, 0.5) is 10.1 Å². The van der Waals surface area contributed by atoms with Gasteiger partial charge in [-0.05, 0) is 48.9 Å². The van der Waals surface area contributed by atoms with E-state index >= 15 is 0 Å². The van der Waals surface area contributed by atoms with Gasteiger partial charge in [0.2, 0.25) is 0 Å². The molecule has 0 spiro atoms. The highest BCUT2D eigenvalue weighted by molar-refractivity contribution is 6.51. The second-order valence-corrected chi connectivity index (χ2v) is 7.28. The quantitative estimate of drug-likeness (QED) is 0.349. The van der Waals surface area contributed by atoms with E-state index in [1.54, 1.807) is 42.5 Å². The van der Waals surface area contributed by atoms with Gasteiger partial charge in [-0.2, -0.15) is 0 Å². The fraction of sp³-hybridized carbons (Fsp3) is 0.160. The largest absolute Gasteiger partial charge is 0.507 e. The van der Waals surface area contributed by atoms with Crippen LogP contribution in [0.2, 0.25) is 0 Å². The minimum atomic E-state index is -1.02. The molecular weight excluding hydrogens is 411 g/mol. The van der Waals surface area contributed by atoms with Crippen molar-refractivity contribution in [1.29, 1.82) is 0 Å². The van der Waals surface area contributed by atoms with Crippen LogP contribution >= 0.6 is 0 Å². The lowest BCUT2D eigenvalue weighted by Crippen LogP contribution is -2.29. The number of hydrogen-bond donors (Lipinski definition) is 1. The molecule has 0 aliphatic carbocycles. The minimum absolute atomic E-state index is 0.120. The third-order valence-electron chi connectivity index (χ3n) is 5.08. The molecule has 1 aromatic heterocycles. The summed E-state index contributed by atoms with van der Waals surface area (Å²) in [7, 11) is 0. The van der Waals surface area contributed by atoms with Gasteiger partial charge in [0.15, 0.2) is 0 Å². The van der Waals surface area contributed by atoms with Gasteiger partial charge in [-0.1, -0.05) is 31.2 Å². The maximum Gasteiger partial charge on any atom is 0.300 e. The zero-order valence-corrected chi connectivity index (χ0v) is 17.4. The molecule has 162 valence electrons. The van der Waals surface area contributed by atoms with Crippen LogP contribution in [0.3, 0.4) is 0 Å². The first kappa shape index (κ1) is 21.2. The molecule has 3 aromatic rings. The van der Waals surface area contributed by atoms with Crippen LogP contribution in [0.15, 0.2) is 78.5 Å². The van der Waals surface area contributed by atoms with E-state index in [0.717, 1.165) is 11.3 Å². The summed E-state index contributed by atoms with van der Waals surface area (Å²) in [5.74, 6) is -2.11. The molecule has 0 saturated carbocycles. The molecule has 0 radical (unpaired) electrons. The topological polar surface area (TPSA) is 79.7 Å². The number of carbonyl (C=O) groups excluding carboxylic acids is 2. The molecule has 0 bridgehead atoms. The molecule has 1 saturated heterocycles. The number of hydrogen-bond acceptors (Lipinski definition) is 5. The van der Waals surface area contributed by atoms with Gasteiger partial charge in [0.05, 0.1) is 17.9 Å². The standard InChI is InChI=1S/C25H21FN2O4/c1-2-13-32-19-10-5-7-16(14-19)23(29)21-22(20-11-3-4-12-27-20)28(25(31)24(21)30)18-9-6-8-17(26)15-18/h3-12,14-15,22,29H,2,13H2,1H3/b23-21+. The number of aromatic nitrogens is 1. The van der Waals surface area contributed by atoms with E-state index in [0.29, 0.717) is 23.6 Å². The maximum atomic E-state index is 13.9. The van der Waals surface area contributed by atoms with Crippen molar-refractivity contribution in [3.05, 3.63) is 95.6 Å². The molecule has 1 amide bonds. The normalized spacial score (nSPS) is 17.6. The van der Waals surface area contributed by atoms with Gasteiger partial charge in [0.25, 0.3) is 11.7 Å². The zero-order valence-electron chi connectivity index (χ0n) is 17.4. The number of Topliss-reactive ketones (excluding diaryl/α,β-unsaturated/α-hetero) is 1. The van der Waals surface area contributed by atoms with Crippen molar-refractivity contribution in [2.24, 2.45) is 0 Å². The molecule has 32 heavy (non-hydrogen) atoms. The molecular formula is C25H21FN2O4. The smallest absolute Gasteiger partial charge is 0.300 e. The van der Waals surface area contributed by atoms with Crippen LogP contribution in [-0.4, -0.2) is 28.4 Å². The van der Waals surface area contributed by atoms with E-state index in [2.05, 4.69) is 4.98 Å². The van der Waals surface area contributed by atoms with Gasteiger partial charge >= 0.3 is 0 Å². The number of amides is 1. The Kier molecular flexibility index (Phi) is 5.98. The van der Waals surface area contributed by atoms with Gasteiger partial charge in [-0.25, -0.2) is 4.39 Å². The fourth-order valence-corrected chi connectivity index (χ4v) is 3.65. The number of rotatable bonds is 6.